The molecule has 0 amide bonds. The second kappa shape index (κ2) is 7.39. The molecule has 1 saturated carbocycles. The van der Waals surface area contributed by atoms with Gasteiger partial charge in [0, 0.05) is 19.0 Å². The van der Waals surface area contributed by atoms with E-state index in [2.05, 4.69) is 37.8 Å². The molecular weight excluding hydrogens is 260 g/mol. The molecule has 21 heavy (non-hydrogen) atoms. The minimum Gasteiger partial charge on any atom is -0.327 e. The van der Waals surface area contributed by atoms with E-state index in [-0.39, 0.29) is 6.04 Å². The largest absolute Gasteiger partial charge is 0.327 e. The van der Waals surface area contributed by atoms with E-state index in [1.807, 2.05) is 4.68 Å². The van der Waals surface area contributed by atoms with Crippen LogP contribution in [0.2, 0.25) is 0 Å². The van der Waals surface area contributed by atoms with E-state index in [9.17, 15) is 0 Å². The average Bonchev–Trinajstić information content (AvgIpc) is 2.85. The first kappa shape index (κ1) is 16.5. The Morgan fingerprint density at radius 2 is 1.76 bits per heavy atom. The Balaban J connectivity index is 1.87. The van der Waals surface area contributed by atoms with Crippen LogP contribution in [0.4, 0.5) is 0 Å². The van der Waals surface area contributed by atoms with Crippen LogP contribution in [0.5, 0.6) is 0 Å². The zero-order valence-electron chi connectivity index (χ0n) is 14.1. The lowest BCUT2D eigenvalue weighted by atomic mass is 9.74. The molecule has 1 aromatic heterocycles. The number of hydrogen-bond acceptors (Lipinski definition) is 3. The van der Waals surface area contributed by atoms with E-state index in [1.165, 1.54) is 25.7 Å². The first-order valence-corrected chi connectivity index (χ1v) is 8.59. The van der Waals surface area contributed by atoms with Crippen molar-refractivity contribution >= 4 is 0 Å². The lowest BCUT2D eigenvalue weighted by Crippen LogP contribution is -2.36. The van der Waals surface area contributed by atoms with E-state index in [0.29, 0.717) is 11.8 Å². The highest BCUT2D eigenvalue weighted by atomic mass is 15.3. The summed E-state index contributed by atoms with van der Waals surface area (Å²) in [7, 11) is 0. The second-order valence-electron chi connectivity index (χ2n) is 7.54. The lowest BCUT2D eigenvalue weighted by molar-refractivity contribution is 0.201. The summed E-state index contributed by atoms with van der Waals surface area (Å²) in [5, 5.41) is 4.34. The Morgan fingerprint density at radius 3 is 2.33 bits per heavy atom. The Morgan fingerprint density at radius 1 is 1.14 bits per heavy atom. The highest BCUT2D eigenvalue weighted by Crippen LogP contribution is 2.34. The highest BCUT2D eigenvalue weighted by molar-refractivity contribution is 4.92. The van der Waals surface area contributed by atoms with Gasteiger partial charge in [-0.1, -0.05) is 27.7 Å². The monoisotopic (exact) mass is 292 g/mol. The molecule has 2 rings (SSSR count). The fraction of sp³-hybridized carbons (Fsp3) is 0.882. The number of nitrogens with two attached hydrogens (primary N) is 1. The molecule has 1 aliphatic rings. The normalized spacial score (nSPS) is 24.7. The lowest BCUT2D eigenvalue weighted by Gasteiger charge is -2.33. The van der Waals surface area contributed by atoms with Gasteiger partial charge in [0.1, 0.15) is 12.2 Å². The Labute approximate surface area is 129 Å². The summed E-state index contributed by atoms with van der Waals surface area (Å²) >= 11 is 0. The summed E-state index contributed by atoms with van der Waals surface area (Å²) in [5.41, 5.74) is 6.48. The van der Waals surface area contributed by atoms with Gasteiger partial charge in [0.15, 0.2) is 0 Å². The molecule has 1 heterocycles. The molecule has 4 heteroatoms. The van der Waals surface area contributed by atoms with Gasteiger partial charge in [-0.05, 0) is 49.4 Å². The maximum atomic E-state index is 6.48. The first-order chi connectivity index (χ1) is 9.97. The molecule has 1 atom stereocenters. The zero-order valence-corrected chi connectivity index (χ0v) is 14.1. The molecule has 0 saturated heterocycles. The van der Waals surface area contributed by atoms with E-state index in [1.54, 1.807) is 6.33 Å². The third-order valence-corrected chi connectivity index (χ3v) is 5.02. The van der Waals surface area contributed by atoms with Gasteiger partial charge in [-0.3, -0.25) is 0 Å². The highest BCUT2D eigenvalue weighted by Gasteiger charge is 2.27. The summed E-state index contributed by atoms with van der Waals surface area (Å²) in [6.45, 7) is 10.0. The third kappa shape index (κ3) is 4.53. The van der Waals surface area contributed by atoms with Gasteiger partial charge in [-0.25, -0.2) is 9.67 Å². The standard InChI is InChI=1S/C17H32N4/c1-12(2)10-21-17(19-11-20-21)9-16(18)15-7-5-14(6-8-15)13(3)4/h11-16H,5-10,18H2,1-4H3. The molecular formula is C17H32N4. The minimum atomic E-state index is 0.230. The van der Waals surface area contributed by atoms with Crippen molar-refractivity contribution < 1.29 is 0 Å². The van der Waals surface area contributed by atoms with Gasteiger partial charge in [0.2, 0.25) is 0 Å². The molecule has 4 nitrogen and oxygen atoms in total. The number of nitrogens with zero attached hydrogens (tertiary/aromatic N) is 3. The van der Waals surface area contributed by atoms with Crippen LogP contribution in [-0.4, -0.2) is 20.8 Å². The van der Waals surface area contributed by atoms with E-state index < -0.39 is 0 Å². The van der Waals surface area contributed by atoms with Crippen molar-refractivity contribution in [2.24, 2.45) is 29.4 Å². The van der Waals surface area contributed by atoms with Gasteiger partial charge in [0.05, 0.1) is 0 Å². The maximum absolute atomic E-state index is 6.48. The van der Waals surface area contributed by atoms with E-state index >= 15 is 0 Å². The summed E-state index contributed by atoms with van der Waals surface area (Å²) in [6, 6.07) is 0.230. The van der Waals surface area contributed by atoms with Crippen LogP contribution in [0.3, 0.4) is 0 Å². The minimum absolute atomic E-state index is 0.230. The third-order valence-electron chi connectivity index (χ3n) is 5.02. The molecule has 0 radical (unpaired) electrons. The predicted octanol–water partition coefficient (Wildman–Crippen LogP) is 3.27. The van der Waals surface area contributed by atoms with Crippen molar-refractivity contribution in [1.29, 1.82) is 0 Å². The molecule has 0 spiro atoms. The fourth-order valence-corrected chi connectivity index (χ4v) is 3.56. The summed E-state index contributed by atoms with van der Waals surface area (Å²) in [4.78, 5) is 4.42. The van der Waals surface area contributed by atoms with Gasteiger partial charge in [0.25, 0.3) is 0 Å². The van der Waals surface area contributed by atoms with Crippen LogP contribution >= 0.6 is 0 Å². The molecule has 1 unspecified atom stereocenters. The predicted molar refractivity (Wildman–Crippen MR) is 86.8 cm³/mol. The van der Waals surface area contributed by atoms with Gasteiger partial charge < -0.3 is 5.73 Å². The van der Waals surface area contributed by atoms with Gasteiger partial charge in [-0.15, -0.1) is 0 Å². The van der Waals surface area contributed by atoms with Crippen molar-refractivity contribution in [3.8, 4) is 0 Å². The molecule has 2 N–H and O–H groups in total. The van der Waals surface area contributed by atoms with Crippen molar-refractivity contribution in [2.45, 2.75) is 72.4 Å². The molecule has 0 aliphatic heterocycles. The molecule has 1 aliphatic carbocycles. The van der Waals surface area contributed by atoms with Crippen LogP contribution in [0.25, 0.3) is 0 Å². The van der Waals surface area contributed by atoms with Crippen LogP contribution < -0.4 is 5.73 Å². The zero-order chi connectivity index (χ0) is 15.4. The Kier molecular flexibility index (Phi) is 5.80. The van der Waals surface area contributed by atoms with E-state index in [4.69, 9.17) is 5.73 Å². The van der Waals surface area contributed by atoms with Crippen LogP contribution in [0.15, 0.2) is 6.33 Å². The number of hydrogen-bond donors (Lipinski definition) is 1. The molecule has 0 aromatic carbocycles. The average molecular weight is 292 g/mol. The summed E-state index contributed by atoms with van der Waals surface area (Å²) < 4.78 is 2.03. The maximum Gasteiger partial charge on any atom is 0.138 e. The van der Waals surface area contributed by atoms with E-state index in [0.717, 1.165) is 30.6 Å². The Hall–Kier alpha value is -0.900. The van der Waals surface area contributed by atoms with Crippen molar-refractivity contribution in [3.05, 3.63) is 12.2 Å². The topological polar surface area (TPSA) is 56.7 Å². The van der Waals surface area contributed by atoms with Crippen molar-refractivity contribution in [3.63, 3.8) is 0 Å². The van der Waals surface area contributed by atoms with Gasteiger partial charge in [-0.2, -0.15) is 5.10 Å². The number of aromatic nitrogens is 3. The molecule has 120 valence electrons. The summed E-state index contributed by atoms with van der Waals surface area (Å²) in [6.07, 6.45) is 7.78. The molecule has 0 bridgehead atoms. The van der Waals surface area contributed by atoms with Gasteiger partial charge >= 0.3 is 0 Å². The second-order valence-corrected chi connectivity index (χ2v) is 7.54. The Bertz CT molecular complexity index is 416. The van der Waals surface area contributed by atoms with Crippen LogP contribution in [-0.2, 0) is 13.0 Å². The van der Waals surface area contributed by atoms with Crippen LogP contribution in [0, 0.1) is 23.7 Å². The fourth-order valence-electron chi connectivity index (χ4n) is 3.56. The quantitative estimate of drug-likeness (QED) is 0.875. The first-order valence-electron chi connectivity index (χ1n) is 8.59. The molecule has 1 fully saturated rings. The van der Waals surface area contributed by atoms with Crippen LogP contribution in [0.1, 0.15) is 59.2 Å². The van der Waals surface area contributed by atoms with Crippen molar-refractivity contribution in [2.75, 3.05) is 0 Å². The summed E-state index contributed by atoms with van der Waals surface area (Å²) in [5.74, 6) is 4.02. The smallest absolute Gasteiger partial charge is 0.138 e. The molecule has 1 aromatic rings. The SMILES string of the molecule is CC(C)Cn1ncnc1CC(N)C1CCC(C(C)C)CC1. The van der Waals surface area contributed by atoms with Crippen molar-refractivity contribution in [1.82, 2.24) is 14.8 Å². The number of rotatable bonds is 6.